The van der Waals surface area contributed by atoms with Crippen molar-refractivity contribution in [2.45, 2.75) is 61.9 Å². The first-order chi connectivity index (χ1) is 13.5. The summed E-state index contributed by atoms with van der Waals surface area (Å²) in [5.74, 6) is -0.236. The zero-order valence-corrected chi connectivity index (χ0v) is 16.7. The third kappa shape index (κ3) is 4.13. The van der Waals surface area contributed by atoms with Gasteiger partial charge in [0.1, 0.15) is 0 Å². The number of aryl methyl sites for hydroxylation is 1. The van der Waals surface area contributed by atoms with Gasteiger partial charge in [0.2, 0.25) is 10.0 Å². The number of hydrogen-bond donors (Lipinski definition) is 2. The molecule has 0 aliphatic heterocycles. The van der Waals surface area contributed by atoms with Gasteiger partial charge in [-0.3, -0.25) is 4.79 Å². The summed E-state index contributed by atoms with van der Waals surface area (Å²) < 4.78 is 28.1. The highest BCUT2D eigenvalue weighted by Crippen LogP contribution is 2.29. The van der Waals surface area contributed by atoms with Crippen molar-refractivity contribution >= 4 is 15.9 Å². The summed E-state index contributed by atoms with van der Waals surface area (Å²) in [6.07, 6.45) is 6.81. The summed E-state index contributed by atoms with van der Waals surface area (Å²) in [6, 6.07) is 14.5. The number of hydrogen-bond acceptors (Lipinski definition) is 3. The highest BCUT2D eigenvalue weighted by molar-refractivity contribution is 7.89. The predicted molar refractivity (Wildman–Crippen MR) is 109 cm³/mol. The zero-order valence-electron chi connectivity index (χ0n) is 15.9. The summed E-state index contributed by atoms with van der Waals surface area (Å²) in [5, 5.41) is 3.09. The van der Waals surface area contributed by atoms with Crippen molar-refractivity contribution in [3.63, 3.8) is 0 Å². The van der Waals surface area contributed by atoms with E-state index in [1.807, 2.05) is 12.1 Å². The van der Waals surface area contributed by atoms with Crippen LogP contribution in [0.1, 0.15) is 66.1 Å². The molecule has 2 aliphatic carbocycles. The Balaban J connectivity index is 1.51. The number of amides is 1. The standard InChI is InChI=1S/C22H26N2O3S/c25-22(23-21-14-6-8-16-7-1-4-13-20(16)21)17-9-5-12-19(15-17)28(26,27)24-18-10-2-3-11-18/h1,4-5,7,9,12-13,15,18,21,24H,2-3,6,8,10-11,14H2,(H,23,25). The minimum absolute atomic E-state index is 0.00113. The molecule has 0 radical (unpaired) electrons. The van der Waals surface area contributed by atoms with Crippen LogP contribution in [-0.2, 0) is 16.4 Å². The first-order valence-electron chi connectivity index (χ1n) is 10.0. The van der Waals surface area contributed by atoms with Crippen LogP contribution in [0.5, 0.6) is 0 Å². The largest absolute Gasteiger partial charge is 0.345 e. The van der Waals surface area contributed by atoms with E-state index in [0.29, 0.717) is 5.56 Å². The molecule has 0 heterocycles. The Hall–Kier alpha value is -2.18. The molecule has 0 saturated heterocycles. The van der Waals surface area contributed by atoms with Crippen LogP contribution < -0.4 is 10.0 Å². The first-order valence-corrected chi connectivity index (χ1v) is 11.5. The predicted octanol–water partition coefficient (Wildman–Crippen LogP) is 3.71. The number of carbonyl (C=O) groups excluding carboxylic acids is 1. The van der Waals surface area contributed by atoms with Crippen LogP contribution in [0.15, 0.2) is 53.4 Å². The van der Waals surface area contributed by atoms with E-state index in [1.165, 1.54) is 11.6 Å². The lowest BCUT2D eigenvalue weighted by molar-refractivity contribution is 0.0932. The second-order valence-electron chi connectivity index (χ2n) is 7.75. The monoisotopic (exact) mass is 398 g/mol. The lowest BCUT2D eigenvalue weighted by atomic mass is 9.87. The molecular weight excluding hydrogens is 372 g/mol. The topological polar surface area (TPSA) is 75.3 Å². The van der Waals surface area contributed by atoms with Crippen LogP contribution >= 0.6 is 0 Å². The molecule has 2 aliphatic rings. The van der Waals surface area contributed by atoms with Crippen LogP contribution in [0.2, 0.25) is 0 Å². The summed E-state index contributed by atoms with van der Waals surface area (Å²) in [4.78, 5) is 13.0. The van der Waals surface area contributed by atoms with Crippen molar-refractivity contribution in [3.8, 4) is 0 Å². The molecule has 4 rings (SSSR count). The van der Waals surface area contributed by atoms with Crippen molar-refractivity contribution < 1.29 is 13.2 Å². The van der Waals surface area contributed by atoms with Gasteiger partial charge in [0, 0.05) is 11.6 Å². The van der Waals surface area contributed by atoms with Gasteiger partial charge in [0.15, 0.2) is 0 Å². The van der Waals surface area contributed by atoms with Crippen LogP contribution in [0.4, 0.5) is 0 Å². The fourth-order valence-corrected chi connectivity index (χ4v) is 5.63. The highest BCUT2D eigenvalue weighted by Gasteiger charge is 2.25. The molecule has 5 nitrogen and oxygen atoms in total. The zero-order chi connectivity index (χ0) is 19.6. The summed E-state index contributed by atoms with van der Waals surface area (Å²) in [5.41, 5.74) is 2.81. The van der Waals surface area contributed by atoms with E-state index < -0.39 is 10.0 Å². The molecule has 28 heavy (non-hydrogen) atoms. The molecular formula is C22H26N2O3S. The van der Waals surface area contributed by atoms with E-state index in [0.717, 1.165) is 50.5 Å². The molecule has 1 amide bonds. The van der Waals surface area contributed by atoms with E-state index >= 15 is 0 Å². The van der Waals surface area contributed by atoms with E-state index in [1.54, 1.807) is 18.2 Å². The maximum atomic E-state index is 12.8. The van der Waals surface area contributed by atoms with Gasteiger partial charge in [0.05, 0.1) is 10.9 Å². The van der Waals surface area contributed by atoms with Crippen LogP contribution in [0, 0.1) is 0 Å². The van der Waals surface area contributed by atoms with Crippen molar-refractivity contribution in [1.82, 2.24) is 10.0 Å². The molecule has 2 N–H and O–H groups in total. The van der Waals surface area contributed by atoms with E-state index in [-0.39, 0.29) is 22.9 Å². The van der Waals surface area contributed by atoms with Crippen molar-refractivity contribution in [1.29, 1.82) is 0 Å². The van der Waals surface area contributed by atoms with Gasteiger partial charge in [-0.1, -0.05) is 43.2 Å². The van der Waals surface area contributed by atoms with Crippen LogP contribution in [0.25, 0.3) is 0 Å². The third-order valence-electron chi connectivity index (χ3n) is 5.76. The Kier molecular flexibility index (Phi) is 5.51. The van der Waals surface area contributed by atoms with E-state index in [2.05, 4.69) is 22.2 Å². The van der Waals surface area contributed by atoms with Crippen molar-refractivity contribution in [3.05, 3.63) is 65.2 Å². The van der Waals surface area contributed by atoms with Crippen LogP contribution in [0.3, 0.4) is 0 Å². The summed E-state index contributed by atoms with van der Waals surface area (Å²) >= 11 is 0. The average molecular weight is 399 g/mol. The molecule has 6 heteroatoms. The molecule has 0 aromatic heterocycles. The Morgan fingerprint density at radius 3 is 2.54 bits per heavy atom. The van der Waals surface area contributed by atoms with E-state index in [4.69, 9.17) is 0 Å². The number of nitrogens with one attached hydrogen (secondary N) is 2. The van der Waals surface area contributed by atoms with Gasteiger partial charge in [0.25, 0.3) is 5.91 Å². The molecule has 1 saturated carbocycles. The normalized spacial score (nSPS) is 19.9. The van der Waals surface area contributed by atoms with Gasteiger partial charge in [-0.15, -0.1) is 0 Å². The second-order valence-corrected chi connectivity index (χ2v) is 9.46. The average Bonchev–Trinajstić information content (AvgIpc) is 3.21. The number of carbonyl (C=O) groups is 1. The molecule has 1 unspecified atom stereocenters. The maximum absolute atomic E-state index is 12.8. The number of fused-ring (bicyclic) bond motifs is 1. The Morgan fingerprint density at radius 1 is 0.929 bits per heavy atom. The minimum atomic E-state index is -3.61. The van der Waals surface area contributed by atoms with Gasteiger partial charge in [-0.2, -0.15) is 0 Å². The molecule has 148 valence electrons. The lowest BCUT2D eigenvalue weighted by Crippen LogP contribution is -2.33. The molecule has 1 fully saturated rings. The fourth-order valence-electron chi connectivity index (χ4n) is 4.28. The quantitative estimate of drug-likeness (QED) is 0.806. The molecule has 1 atom stereocenters. The van der Waals surface area contributed by atoms with Crippen LogP contribution in [-0.4, -0.2) is 20.4 Å². The molecule has 2 aromatic carbocycles. The number of benzene rings is 2. The Labute approximate surface area is 166 Å². The second kappa shape index (κ2) is 8.05. The van der Waals surface area contributed by atoms with Gasteiger partial charge in [-0.25, -0.2) is 13.1 Å². The lowest BCUT2D eigenvalue weighted by Gasteiger charge is -2.26. The maximum Gasteiger partial charge on any atom is 0.251 e. The minimum Gasteiger partial charge on any atom is -0.345 e. The Morgan fingerprint density at radius 2 is 1.71 bits per heavy atom. The molecule has 0 spiro atoms. The number of rotatable bonds is 5. The van der Waals surface area contributed by atoms with E-state index in [9.17, 15) is 13.2 Å². The smallest absolute Gasteiger partial charge is 0.251 e. The van der Waals surface area contributed by atoms with Gasteiger partial charge < -0.3 is 5.32 Å². The van der Waals surface area contributed by atoms with Crippen molar-refractivity contribution in [2.75, 3.05) is 0 Å². The SMILES string of the molecule is O=C(NC1CCCc2ccccc21)c1cccc(S(=O)(=O)NC2CCCC2)c1. The first kappa shape index (κ1) is 19.2. The van der Waals surface area contributed by atoms with Gasteiger partial charge in [-0.05, 0) is 61.4 Å². The fraction of sp³-hybridized carbons (Fsp3) is 0.409. The summed E-state index contributed by atoms with van der Waals surface area (Å²) in [7, 11) is -3.61. The van der Waals surface area contributed by atoms with Gasteiger partial charge >= 0.3 is 0 Å². The number of sulfonamides is 1. The Bertz CT molecular complexity index is 965. The highest BCUT2D eigenvalue weighted by atomic mass is 32.2. The van der Waals surface area contributed by atoms with Crippen molar-refractivity contribution in [2.24, 2.45) is 0 Å². The third-order valence-corrected chi connectivity index (χ3v) is 7.28. The summed E-state index contributed by atoms with van der Waals surface area (Å²) in [6.45, 7) is 0. The molecule has 2 aromatic rings. The molecule has 0 bridgehead atoms.